The highest BCUT2D eigenvalue weighted by molar-refractivity contribution is 5.79. The molecule has 0 radical (unpaired) electrons. The number of carbonyl (C=O) groups is 1. The molecule has 1 aliphatic rings. The average Bonchev–Trinajstić information content (AvgIpc) is 3.16. The van der Waals surface area contributed by atoms with Gasteiger partial charge in [-0.15, -0.1) is 0 Å². The van der Waals surface area contributed by atoms with Gasteiger partial charge in [-0.3, -0.25) is 4.79 Å². The minimum absolute atomic E-state index is 0.118. The van der Waals surface area contributed by atoms with Gasteiger partial charge in [0, 0.05) is 13.1 Å². The number of nitrogens with zero attached hydrogens (tertiary/aromatic N) is 4. The van der Waals surface area contributed by atoms with Crippen molar-refractivity contribution in [1.29, 1.82) is 0 Å². The van der Waals surface area contributed by atoms with Crippen LogP contribution >= 0.6 is 0 Å². The van der Waals surface area contributed by atoms with Crippen molar-refractivity contribution in [3.8, 4) is 11.5 Å². The van der Waals surface area contributed by atoms with Crippen LogP contribution in [0.3, 0.4) is 0 Å². The van der Waals surface area contributed by atoms with Gasteiger partial charge in [-0.05, 0) is 30.5 Å². The second-order valence-corrected chi connectivity index (χ2v) is 5.88. The molecule has 3 rings (SSSR count). The van der Waals surface area contributed by atoms with Gasteiger partial charge in [-0.1, -0.05) is 6.07 Å². The molecular weight excluding hydrogens is 308 g/mol. The van der Waals surface area contributed by atoms with E-state index in [4.69, 9.17) is 9.47 Å². The lowest BCUT2D eigenvalue weighted by atomic mass is 10.0. The number of hydrogen-bond donors (Lipinski definition) is 0. The van der Waals surface area contributed by atoms with Crippen LogP contribution in [0.4, 0.5) is 0 Å². The maximum Gasteiger partial charge on any atom is 0.227 e. The van der Waals surface area contributed by atoms with E-state index in [2.05, 4.69) is 10.1 Å². The Labute approximate surface area is 141 Å². The van der Waals surface area contributed by atoms with Gasteiger partial charge in [0.05, 0.1) is 26.7 Å². The van der Waals surface area contributed by atoms with E-state index in [-0.39, 0.29) is 11.9 Å². The van der Waals surface area contributed by atoms with Gasteiger partial charge >= 0.3 is 0 Å². The fourth-order valence-electron chi connectivity index (χ4n) is 3.08. The van der Waals surface area contributed by atoms with Crippen molar-refractivity contribution in [2.75, 3.05) is 27.3 Å². The topological polar surface area (TPSA) is 69.5 Å². The molecule has 1 atom stereocenters. The van der Waals surface area contributed by atoms with Crippen molar-refractivity contribution in [2.45, 2.75) is 25.3 Å². The van der Waals surface area contributed by atoms with Crippen LogP contribution in [-0.4, -0.2) is 52.9 Å². The minimum Gasteiger partial charge on any atom is -0.493 e. The molecule has 0 N–H and O–H groups in total. The summed E-state index contributed by atoms with van der Waals surface area (Å²) in [6.07, 6.45) is 5.59. The molecule has 2 heterocycles. The molecule has 1 saturated heterocycles. The van der Waals surface area contributed by atoms with Crippen LogP contribution < -0.4 is 9.47 Å². The SMILES string of the molecule is COc1ccc(CC(=O)N2CCCC(n3cncn3)C2)cc1OC. The van der Waals surface area contributed by atoms with Crippen LogP contribution in [0.2, 0.25) is 0 Å². The quantitative estimate of drug-likeness (QED) is 0.834. The predicted molar refractivity (Wildman–Crippen MR) is 88.1 cm³/mol. The third kappa shape index (κ3) is 3.50. The fourth-order valence-corrected chi connectivity index (χ4v) is 3.08. The number of hydrogen-bond acceptors (Lipinski definition) is 5. The molecule has 24 heavy (non-hydrogen) atoms. The Morgan fingerprint density at radius 3 is 2.83 bits per heavy atom. The normalized spacial score (nSPS) is 17.6. The lowest BCUT2D eigenvalue weighted by Crippen LogP contribution is -2.41. The number of rotatable bonds is 5. The lowest BCUT2D eigenvalue weighted by molar-refractivity contribution is -0.132. The largest absolute Gasteiger partial charge is 0.493 e. The minimum atomic E-state index is 0.118. The first-order chi connectivity index (χ1) is 11.7. The smallest absolute Gasteiger partial charge is 0.227 e. The van der Waals surface area contributed by atoms with Crippen molar-refractivity contribution >= 4 is 5.91 Å². The second kappa shape index (κ2) is 7.33. The van der Waals surface area contributed by atoms with Crippen LogP contribution in [0, 0.1) is 0 Å². The number of likely N-dealkylation sites (tertiary alicyclic amines) is 1. The summed E-state index contributed by atoms with van der Waals surface area (Å²) in [6, 6.07) is 5.79. The maximum absolute atomic E-state index is 12.6. The summed E-state index contributed by atoms with van der Waals surface area (Å²) in [5.41, 5.74) is 0.917. The molecule has 1 aliphatic heterocycles. The number of ether oxygens (including phenoxy) is 2. The van der Waals surface area contributed by atoms with Gasteiger partial charge in [0.25, 0.3) is 0 Å². The summed E-state index contributed by atoms with van der Waals surface area (Å²) in [7, 11) is 3.19. The number of aromatic nitrogens is 3. The molecule has 1 aromatic carbocycles. The zero-order chi connectivity index (χ0) is 16.9. The lowest BCUT2D eigenvalue weighted by Gasteiger charge is -2.32. The molecule has 1 amide bonds. The highest BCUT2D eigenvalue weighted by Gasteiger charge is 2.25. The Morgan fingerprint density at radius 2 is 2.12 bits per heavy atom. The molecule has 1 aromatic heterocycles. The van der Waals surface area contributed by atoms with Crippen LogP contribution in [-0.2, 0) is 11.2 Å². The summed E-state index contributed by atoms with van der Waals surface area (Å²) in [5.74, 6) is 1.42. The molecule has 0 bridgehead atoms. The highest BCUT2D eigenvalue weighted by atomic mass is 16.5. The number of methoxy groups -OCH3 is 2. The Kier molecular flexibility index (Phi) is 4.98. The van der Waals surface area contributed by atoms with Gasteiger partial charge in [0.15, 0.2) is 11.5 Å². The molecule has 0 spiro atoms. The first kappa shape index (κ1) is 16.3. The Morgan fingerprint density at radius 1 is 1.29 bits per heavy atom. The van der Waals surface area contributed by atoms with E-state index in [1.165, 1.54) is 6.33 Å². The van der Waals surface area contributed by atoms with Crippen LogP contribution in [0.15, 0.2) is 30.9 Å². The molecule has 128 valence electrons. The van der Waals surface area contributed by atoms with Crippen LogP contribution in [0.5, 0.6) is 11.5 Å². The zero-order valence-electron chi connectivity index (χ0n) is 14.0. The molecule has 1 fully saturated rings. The van der Waals surface area contributed by atoms with E-state index >= 15 is 0 Å². The predicted octanol–water partition coefficient (Wildman–Crippen LogP) is 1.70. The molecule has 7 heteroatoms. The van der Waals surface area contributed by atoms with Crippen molar-refractivity contribution in [2.24, 2.45) is 0 Å². The summed E-state index contributed by atoms with van der Waals surface area (Å²) >= 11 is 0. The summed E-state index contributed by atoms with van der Waals surface area (Å²) in [5, 5.41) is 4.20. The van der Waals surface area contributed by atoms with Crippen LogP contribution in [0.1, 0.15) is 24.4 Å². The van der Waals surface area contributed by atoms with Gasteiger partial charge in [-0.25, -0.2) is 9.67 Å². The summed E-state index contributed by atoms with van der Waals surface area (Å²) < 4.78 is 12.4. The van der Waals surface area contributed by atoms with Crippen molar-refractivity contribution < 1.29 is 14.3 Å². The van der Waals surface area contributed by atoms with Gasteiger partial charge in [0.2, 0.25) is 5.91 Å². The van der Waals surface area contributed by atoms with E-state index in [9.17, 15) is 4.79 Å². The van der Waals surface area contributed by atoms with Gasteiger partial charge in [0.1, 0.15) is 12.7 Å². The summed E-state index contributed by atoms with van der Waals surface area (Å²) in [6.45, 7) is 1.47. The van der Waals surface area contributed by atoms with E-state index in [0.29, 0.717) is 24.5 Å². The Hall–Kier alpha value is -2.57. The Bertz CT molecular complexity index is 687. The number of amides is 1. The average molecular weight is 330 g/mol. The number of benzene rings is 1. The molecule has 2 aromatic rings. The van der Waals surface area contributed by atoms with E-state index in [1.807, 2.05) is 27.8 Å². The first-order valence-electron chi connectivity index (χ1n) is 8.04. The van der Waals surface area contributed by atoms with E-state index in [1.54, 1.807) is 20.5 Å². The fraction of sp³-hybridized carbons (Fsp3) is 0.471. The monoisotopic (exact) mass is 330 g/mol. The van der Waals surface area contributed by atoms with Gasteiger partial charge in [-0.2, -0.15) is 5.10 Å². The van der Waals surface area contributed by atoms with E-state index < -0.39 is 0 Å². The molecule has 0 saturated carbocycles. The standard InChI is InChI=1S/C17H22N4O3/c1-23-15-6-5-13(8-16(15)24-2)9-17(22)20-7-3-4-14(10-20)21-12-18-11-19-21/h5-6,8,11-12,14H,3-4,7,9-10H2,1-2H3. The molecule has 1 unspecified atom stereocenters. The van der Waals surface area contributed by atoms with Crippen molar-refractivity contribution in [3.63, 3.8) is 0 Å². The molecular formula is C17H22N4O3. The van der Waals surface area contributed by atoms with Crippen molar-refractivity contribution in [3.05, 3.63) is 36.4 Å². The number of piperidine rings is 1. The van der Waals surface area contributed by atoms with Crippen LogP contribution in [0.25, 0.3) is 0 Å². The maximum atomic E-state index is 12.6. The Balaban J connectivity index is 1.66. The van der Waals surface area contributed by atoms with E-state index in [0.717, 1.165) is 24.9 Å². The van der Waals surface area contributed by atoms with Gasteiger partial charge < -0.3 is 14.4 Å². The zero-order valence-corrected chi connectivity index (χ0v) is 14.0. The van der Waals surface area contributed by atoms with Crippen molar-refractivity contribution in [1.82, 2.24) is 19.7 Å². The number of carbonyl (C=O) groups excluding carboxylic acids is 1. The third-order valence-electron chi connectivity index (χ3n) is 4.36. The first-order valence-corrected chi connectivity index (χ1v) is 8.04. The third-order valence-corrected chi connectivity index (χ3v) is 4.36. The molecule has 7 nitrogen and oxygen atoms in total. The highest BCUT2D eigenvalue weighted by Crippen LogP contribution is 2.28. The summed E-state index contributed by atoms with van der Waals surface area (Å²) in [4.78, 5) is 18.5. The molecule has 0 aliphatic carbocycles. The second-order valence-electron chi connectivity index (χ2n) is 5.88.